The minimum atomic E-state index is 0.0619. The van der Waals surface area contributed by atoms with Gasteiger partial charge in [-0.3, -0.25) is 9.48 Å². The lowest BCUT2D eigenvalue weighted by atomic mass is 10.2. The van der Waals surface area contributed by atoms with Crippen LogP contribution < -0.4 is 4.90 Å². The van der Waals surface area contributed by atoms with Gasteiger partial charge in [-0.2, -0.15) is 5.10 Å². The number of piperazine rings is 1. The van der Waals surface area contributed by atoms with E-state index in [2.05, 4.69) is 15.0 Å². The maximum atomic E-state index is 12.5. The van der Waals surface area contributed by atoms with E-state index >= 15 is 0 Å². The molecule has 0 unspecified atom stereocenters. The quantitative estimate of drug-likeness (QED) is 0.833. The minimum Gasteiger partial charge on any atom is -0.345 e. The van der Waals surface area contributed by atoms with E-state index in [0.29, 0.717) is 5.69 Å². The molecule has 0 aliphatic carbocycles. The van der Waals surface area contributed by atoms with Crippen LogP contribution in [0.1, 0.15) is 16.2 Å². The number of amides is 1. The molecule has 0 saturated carbocycles. The number of aromatic nitrogens is 3. The maximum absolute atomic E-state index is 12.5. The first-order chi connectivity index (χ1) is 9.65. The highest BCUT2D eigenvalue weighted by Gasteiger charge is 2.25. The lowest BCUT2D eigenvalue weighted by Gasteiger charge is -2.34. The molecule has 2 aromatic heterocycles. The van der Waals surface area contributed by atoms with Crippen LogP contribution in [0.5, 0.6) is 0 Å². The second-order valence-electron chi connectivity index (χ2n) is 4.89. The topological polar surface area (TPSA) is 54.3 Å². The van der Waals surface area contributed by atoms with Gasteiger partial charge in [0, 0.05) is 44.8 Å². The molecule has 3 rings (SSSR count). The molecule has 0 radical (unpaired) electrons. The highest BCUT2D eigenvalue weighted by molar-refractivity contribution is 7.13. The van der Waals surface area contributed by atoms with E-state index in [4.69, 9.17) is 0 Å². The first-order valence-electron chi connectivity index (χ1n) is 6.59. The Morgan fingerprint density at radius 1 is 1.30 bits per heavy atom. The predicted octanol–water partition coefficient (Wildman–Crippen LogP) is 1.15. The summed E-state index contributed by atoms with van der Waals surface area (Å²) in [5, 5.41) is 7.25. The van der Waals surface area contributed by atoms with Gasteiger partial charge in [0.15, 0.2) is 5.13 Å². The Labute approximate surface area is 121 Å². The number of aryl methyl sites for hydroxylation is 2. The number of hydrogen-bond acceptors (Lipinski definition) is 5. The van der Waals surface area contributed by atoms with Crippen LogP contribution >= 0.6 is 11.3 Å². The normalized spacial score (nSPS) is 15.7. The number of rotatable bonds is 2. The average molecular weight is 291 g/mol. The fraction of sp³-hybridized carbons (Fsp3) is 0.462. The number of anilines is 1. The van der Waals surface area contributed by atoms with E-state index in [-0.39, 0.29) is 5.91 Å². The Bertz CT molecular complexity index is 598. The van der Waals surface area contributed by atoms with Gasteiger partial charge in [0.1, 0.15) is 5.69 Å². The number of carbonyl (C=O) groups excluding carboxylic acids is 1. The molecular weight excluding hydrogens is 274 g/mol. The number of thiazole rings is 1. The Kier molecular flexibility index (Phi) is 3.43. The van der Waals surface area contributed by atoms with E-state index in [0.717, 1.165) is 37.0 Å². The molecule has 0 spiro atoms. The molecule has 1 saturated heterocycles. The van der Waals surface area contributed by atoms with Gasteiger partial charge < -0.3 is 9.80 Å². The summed E-state index contributed by atoms with van der Waals surface area (Å²) in [6, 6.07) is 1.84. The first-order valence-corrected chi connectivity index (χ1v) is 7.47. The van der Waals surface area contributed by atoms with E-state index in [1.807, 2.05) is 36.5 Å². The zero-order valence-corrected chi connectivity index (χ0v) is 12.4. The van der Waals surface area contributed by atoms with Crippen LogP contribution in [-0.2, 0) is 7.05 Å². The zero-order chi connectivity index (χ0) is 14.1. The van der Waals surface area contributed by atoms with Crippen LogP contribution in [-0.4, -0.2) is 51.8 Å². The summed E-state index contributed by atoms with van der Waals surface area (Å²) in [4.78, 5) is 20.9. The second kappa shape index (κ2) is 5.24. The molecule has 106 valence electrons. The number of carbonyl (C=O) groups is 1. The van der Waals surface area contributed by atoms with Crippen LogP contribution in [0.15, 0.2) is 17.6 Å². The van der Waals surface area contributed by atoms with Crippen LogP contribution in [0.25, 0.3) is 0 Å². The summed E-state index contributed by atoms with van der Waals surface area (Å²) in [7, 11) is 1.81. The van der Waals surface area contributed by atoms with E-state index in [9.17, 15) is 4.79 Å². The average Bonchev–Trinajstić information content (AvgIpc) is 3.08. The van der Waals surface area contributed by atoms with Crippen LogP contribution in [0.3, 0.4) is 0 Å². The molecule has 20 heavy (non-hydrogen) atoms. The third kappa shape index (κ3) is 2.40. The van der Waals surface area contributed by atoms with Crippen molar-refractivity contribution in [3.05, 3.63) is 29.0 Å². The molecule has 0 aromatic carbocycles. The molecular formula is C13H17N5OS. The minimum absolute atomic E-state index is 0.0619. The Balaban J connectivity index is 1.66. The molecule has 1 aliphatic rings. The Morgan fingerprint density at radius 2 is 2.05 bits per heavy atom. The molecule has 2 aromatic rings. The summed E-state index contributed by atoms with van der Waals surface area (Å²) in [5.74, 6) is 0.0619. The molecule has 0 atom stereocenters. The first kappa shape index (κ1) is 13.1. The Morgan fingerprint density at radius 3 is 2.60 bits per heavy atom. The van der Waals surface area contributed by atoms with Gasteiger partial charge in [-0.15, -0.1) is 11.3 Å². The van der Waals surface area contributed by atoms with E-state index < -0.39 is 0 Å². The molecule has 1 amide bonds. The van der Waals surface area contributed by atoms with Gasteiger partial charge in [0.25, 0.3) is 5.91 Å². The lowest BCUT2D eigenvalue weighted by Crippen LogP contribution is -2.49. The van der Waals surface area contributed by atoms with Gasteiger partial charge in [0.05, 0.1) is 5.69 Å². The van der Waals surface area contributed by atoms with Crippen molar-refractivity contribution < 1.29 is 4.79 Å². The van der Waals surface area contributed by atoms with Crippen LogP contribution in [0.2, 0.25) is 0 Å². The van der Waals surface area contributed by atoms with Gasteiger partial charge in [0.2, 0.25) is 0 Å². The number of hydrogen-bond donors (Lipinski definition) is 0. The van der Waals surface area contributed by atoms with Crippen molar-refractivity contribution in [1.29, 1.82) is 0 Å². The third-order valence-corrected chi connectivity index (χ3v) is 4.31. The molecule has 3 heterocycles. The summed E-state index contributed by atoms with van der Waals surface area (Å²) in [6.07, 6.45) is 1.82. The SMILES string of the molecule is Cc1cc(C(=O)N2CCN(c3nccs3)CC2)n(C)n1. The number of nitrogens with zero attached hydrogens (tertiary/aromatic N) is 5. The van der Waals surface area contributed by atoms with Crippen molar-refractivity contribution in [2.45, 2.75) is 6.92 Å². The summed E-state index contributed by atoms with van der Waals surface area (Å²) >= 11 is 1.64. The Hall–Kier alpha value is -1.89. The monoisotopic (exact) mass is 291 g/mol. The van der Waals surface area contributed by atoms with Crippen LogP contribution in [0.4, 0.5) is 5.13 Å². The molecule has 6 nitrogen and oxygen atoms in total. The van der Waals surface area contributed by atoms with E-state index in [1.165, 1.54) is 0 Å². The van der Waals surface area contributed by atoms with Crippen molar-refractivity contribution in [3.8, 4) is 0 Å². The highest BCUT2D eigenvalue weighted by Crippen LogP contribution is 2.19. The molecule has 1 aliphatic heterocycles. The van der Waals surface area contributed by atoms with E-state index in [1.54, 1.807) is 16.0 Å². The fourth-order valence-electron chi connectivity index (χ4n) is 2.45. The second-order valence-corrected chi connectivity index (χ2v) is 5.76. The molecule has 7 heteroatoms. The maximum Gasteiger partial charge on any atom is 0.272 e. The standard InChI is InChI=1S/C13H17N5OS/c1-10-9-11(16(2)15-10)12(19)17-4-6-18(7-5-17)13-14-3-8-20-13/h3,8-9H,4-7H2,1-2H3. The molecule has 0 bridgehead atoms. The van der Waals surface area contributed by atoms with Crippen LogP contribution in [0, 0.1) is 6.92 Å². The predicted molar refractivity (Wildman–Crippen MR) is 78.2 cm³/mol. The fourth-order valence-corrected chi connectivity index (χ4v) is 3.14. The van der Waals surface area contributed by atoms with Crippen molar-refractivity contribution in [1.82, 2.24) is 19.7 Å². The lowest BCUT2D eigenvalue weighted by molar-refractivity contribution is 0.0735. The summed E-state index contributed by atoms with van der Waals surface area (Å²) in [6.45, 7) is 5.01. The van der Waals surface area contributed by atoms with Gasteiger partial charge >= 0.3 is 0 Å². The van der Waals surface area contributed by atoms with Gasteiger partial charge in [-0.1, -0.05) is 0 Å². The van der Waals surface area contributed by atoms with Crippen molar-refractivity contribution in [3.63, 3.8) is 0 Å². The summed E-state index contributed by atoms with van der Waals surface area (Å²) < 4.78 is 1.66. The summed E-state index contributed by atoms with van der Waals surface area (Å²) in [5.41, 5.74) is 1.53. The molecule has 0 N–H and O–H groups in total. The van der Waals surface area contributed by atoms with Crippen molar-refractivity contribution >= 4 is 22.4 Å². The third-order valence-electron chi connectivity index (χ3n) is 3.48. The smallest absolute Gasteiger partial charge is 0.272 e. The van der Waals surface area contributed by atoms with Crippen molar-refractivity contribution in [2.75, 3.05) is 31.1 Å². The molecule has 1 fully saturated rings. The van der Waals surface area contributed by atoms with Gasteiger partial charge in [-0.05, 0) is 13.0 Å². The largest absolute Gasteiger partial charge is 0.345 e. The highest BCUT2D eigenvalue weighted by atomic mass is 32.1. The zero-order valence-electron chi connectivity index (χ0n) is 11.6. The van der Waals surface area contributed by atoms with Crippen molar-refractivity contribution in [2.24, 2.45) is 7.05 Å². The van der Waals surface area contributed by atoms with Gasteiger partial charge in [-0.25, -0.2) is 4.98 Å².